The van der Waals surface area contributed by atoms with Crippen LogP contribution in [0.2, 0.25) is 0 Å². The van der Waals surface area contributed by atoms with Crippen LogP contribution in [0.4, 0.5) is 10.2 Å². The maximum absolute atomic E-state index is 14.4. The van der Waals surface area contributed by atoms with Crippen LogP contribution in [0.15, 0.2) is 54.9 Å². The minimum atomic E-state index is -0.288. The standard InChI is InChI=1S/C23H21FN4O/c1-4-29-20-11-15(17-7-5-6-8-19(17)24)10-18-21(20)27-22(28-23(18)25-3)16-9-14(2)12-26-13-16/h5-13H,4H2,1-3H3,(H,25,27,28). The van der Waals surface area contributed by atoms with Gasteiger partial charge in [-0.1, -0.05) is 18.2 Å². The molecule has 0 aliphatic carbocycles. The zero-order valence-electron chi connectivity index (χ0n) is 16.5. The second kappa shape index (κ2) is 7.83. The van der Waals surface area contributed by atoms with Gasteiger partial charge in [0, 0.05) is 36.0 Å². The summed E-state index contributed by atoms with van der Waals surface area (Å²) in [6, 6.07) is 12.4. The van der Waals surface area contributed by atoms with E-state index >= 15 is 0 Å². The molecule has 0 saturated heterocycles. The van der Waals surface area contributed by atoms with Gasteiger partial charge in [-0.05, 0) is 49.2 Å². The van der Waals surface area contributed by atoms with Crippen molar-refractivity contribution in [2.45, 2.75) is 13.8 Å². The molecule has 146 valence electrons. The van der Waals surface area contributed by atoms with E-state index in [0.717, 1.165) is 16.5 Å². The quantitative estimate of drug-likeness (QED) is 0.506. The third kappa shape index (κ3) is 3.61. The summed E-state index contributed by atoms with van der Waals surface area (Å²) in [5, 5.41) is 3.90. The van der Waals surface area contributed by atoms with Gasteiger partial charge in [0.1, 0.15) is 22.9 Å². The minimum Gasteiger partial charge on any atom is -0.492 e. The highest BCUT2D eigenvalue weighted by atomic mass is 19.1. The van der Waals surface area contributed by atoms with Crippen LogP contribution in [0.25, 0.3) is 33.4 Å². The minimum absolute atomic E-state index is 0.288. The predicted octanol–water partition coefficient (Wildman–Crippen LogP) is 5.25. The molecule has 0 aliphatic heterocycles. The highest BCUT2D eigenvalue weighted by molar-refractivity contribution is 5.97. The lowest BCUT2D eigenvalue weighted by molar-refractivity contribution is 0.344. The molecule has 0 unspecified atom stereocenters. The number of fused-ring (bicyclic) bond motifs is 1. The second-order valence-electron chi connectivity index (χ2n) is 6.68. The lowest BCUT2D eigenvalue weighted by Gasteiger charge is -2.14. The fourth-order valence-electron chi connectivity index (χ4n) is 3.31. The molecule has 0 atom stereocenters. The van der Waals surface area contributed by atoms with E-state index in [9.17, 15) is 4.39 Å². The van der Waals surface area contributed by atoms with Crippen LogP contribution < -0.4 is 10.1 Å². The molecule has 0 aliphatic rings. The number of hydrogen-bond donors (Lipinski definition) is 1. The Bertz CT molecular complexity index is 1190. The van der Waals surface area contributed by atoms with E-state index in [-0.39, 0.29) is 5.82 Å². The molecule has 0 bridgehead atoms. The van der Waals surface area contributed by atoms with Crippen molar-refractivity contribution >= 4 is 16.7 Å². The maximum Gasteiger partial charge on any atom is 0.163 e. The number of aryl methyl sites for hydroxylation is 1. The summed E-state index contributed by atoms with van der Waals surface area (Å²) >= 11 is 0. The molecule has 0 amide bonds. The van der Waals surface area contributed by atoms with E-state index in [1.54, 1.807) is 31.6 Å². The first-order chi connectivity index (χ1) is 14.1. The van der Waals surface area contributed by atoms with E-state index in [0.29, 0.717) is 40.6 Å². The van der Waals surface area contributed by atoms with Gasteiger partial charge in [0.05, 0.1) is 6.61 Å². The van der Waals surface area contributed by atoms with Crippen molar-refractivity contribution in [3.63, 3.8) is 0 Å². The van der Waals surface area contributed by atoms with Crippen LogP contribution in [-0.4, -0.2) is 28.6 Å². The van der Waals surface area contributed by atoms with Crippen LogP contribution in [0.1, 0.15) is 12.5 Å². The molecule has 2 aromatic carbocycles. The summed E-state index contributed by atoms with van der Waals surface area (Å²) in [4.78, 5) is 13.7. The van der Waals surface area contributed by atoms with Crippen LogP contribution in [0.3, 0.4) is 0 Å². The fourth-order valence-corrected chi connectivity index (χ4v) is 3.31. The number of nitrogens with one attached hydrogen (secondary N) is 1. The number of benzene rings is 2. The van der Waals surface area contributed by atoms with Crippen molar-refractivity contribution in [1.29, 1.82) is 0 Å². The Balaban J connectivity index is 1.99. The molecule has 1 N–H and O–H groups in total. The van der Waals surface area contributed by atoms with Crippen molar-refractivity contribution in [3.05, 3.63) is 66.2 Å². The van der Waals surface area contributed by atoms with Gasteiger partial charge in [-0.2, -0.15) is 0 Å². The highest BCUT2D eigenvalue weighted by Gasteiger charge is 2.16. The lowest BCUT2D eigenvalue weighted by Crippen LogP contribution is -2.02. The molecule has 0 radical (unpaired) electrons. The number of anilines is 1. The molecular weight excluding hydrogens is 367 g/mol. The Kier molecular flexibility index (Phi) is 5.08. The summed E-state index contributed by atoms with van der Waals surface area (Å²) in [7, 11) is 1.80. The summed E-state index contributed by atoms with van der Waals surface area (Å²) in [6.07, 6.45) is 3.53. The summed E-state index contributed by atoms with van der Waals surface area (Å²) in [6.45, 7) is 4.35. The van der Waals surface area contributed by atoms with Crippen LogP contribution >= 0.6 is 0 Å². The number of rotatable bonds is 5. The molecule has 6 heteroatoms. The average molecular weight is 388 g/mol. The SMILES string of the molecule is CCOc1cc(-c2ccccc2F)cc2c(NC)nc(-c3cncc(C)c3)nc12. The van der Waals surface area contributed by atoms with Gasteiger partial charge in [-0.25, -0.2) is 14.4 Å². The van der Waals surface area contributed by atoms with Crippen molar-refractivity contribution in [3.8, 4) is 28.3 Å². The topological polar surface area (TPSA) is 59.9 Å². The van der Waals surface area contributed by atoms with Crippen molar-refractivity contribution in [1.82, 2.24) is 15.0 Å². The van der Waals surface area contributed by atoms with Gasteiger partial charge >= 0.3 is 0 Å². The molecule has 5 nitrogen and oxygen atoms in total. The fraction of sp³-hybridized carbons (Fsp3) is 0.174. The molecule has 2 aromatic heterocycles. The lowest BCUT2D eigenvalue weighted by atomic mass is 10.0. The van der Waals surface area contributed by atoms with Crippen molar-refractivity contribution in [2.24, 2.45) is 0 Å². The number of nitrogens with zero attached hydrogens (tertiary/aromatic N) is 3. The number of ether oxygens (including phenoxy) is 1. The van der Waals surface area contributed by atoms with E-state index < -0.39 is 0 Å². The van der Waals surface area contributed by atoms with Crippen LogP contribution in [0.5, 0.6) is 5.75 Å². The summed E-state index contributed by atoms with van der Waals surface area (Å²) in [5.41, 5.74) is 3.73. The third-order valence-corrected chi connectivity index (χ3v) is 4.62. The molecule has 29 heavy (non-hydrogen) atoms. The summed E-state index contributed by atoms with van der Waals surface area (Å²) in [5.74, 6) is 1.50. The zero-order valence-corrected chi connectivity index (χ0v) is 16.5. The van der Waals surface area contributed by atoms with E-state index in [4.69, 9.17) is 9.72 Å². The first-order valence-electron chi connectivity index (χ1n) is 9.44. The van der Waals surface area contributed by atoms with Crippen molar-refractivity contribution in [2.75, 3.05) is 19.0 Å². The Morgan fingerprint density at radius 3 is 2.59 bits per heavy atom. The van der Waals surface area contributed by atoms with Crippen LogP contribution in [0, 0.1) is 12.7 Å². The molecule has 4 aromatic rings. The molecule has 2 heterocycles. The zero-order chi connectivity index (χ0) is 20.4. The molecule has 0 fully saturated rings. The smallest absolute Gasteiger partial charge is 0.163 e. The second-order valence-corrected chi connectivity index (χ2v) is 6.68. The first-order valence-corrected chi connectivity index (χ1v) is 9.44. The predicted molar refractivity (Wildman–Crippen MR) is 114 cm³/mol. The normalized spacial score (nSPS) is 10.9. The van der Waals surface area contributed by atoms with Gasteiger partial charge in [0.25, 0.3) is 0 Å². The van der Waals surface area contributed by atoms with Crippen molar-refractivity contribution < 1.29 is 9.13 Å². The van der Waals surface area contributed by atoms with Gasteiger partial charge in [-0.3, -0.25) is 4.98 Å². The van der Waals surface area contributed by atoms with E-state index in [1.807, 2.05) is 38.1 Å². The molecule has 0 saturated carbocycles. The van der Waals surface area contributed by atoms with E-state index in [1.165, 1.54) is 6.07 Å². The average Bonchev–Trinajstić information content (AvgIpc) is 2.73. The molecular formula is C23H21FN4O. The summed E-state index contributed by atoms with van der Waals surface area (Å²) < 4.78 is 20.3. The highest BCUT2D eigenvalue weighted by Crippen LogP contribution is 2.36. The van der Waals surface area contributed by atoms with Gasteiger partial charge in [0.15, 0.2) is 5.82 Å². The van der Waals surface area contributed by atoms with Gasteiger partial charge < -0.3 is 10.1 Å². The number of pyridine rings is 1. The largest absolute Gasteiger partial charge is 0.492 e. The Labute approximate surface area is 168 Å². The Hall–Kier alpha value is -3.54. The number of halogens is 1. The Morgan fingerprint density at radius 2 is 1.86 bits per heavy atom. The monoisotopic (exact) mass is 388 g/mol. The van der Waals surface area contributed by atoms with Crippen LogP contribution in [-0.2, 0) is 0 Å². The Morgan fingerprint density at radius 1 is 1.03 bits per heavy atom. The first kappa shape index (κ1) is 18.8. The number of aromatic nitrogens is 3. The number of hydrogen-bond acceptors (Lipinski definition) is 5. The van der Waals surface area contributed by atoms with Gasteiger partial charge in [-0.15, -0.1) is 0 Å². The molecule has 4 rings (SSSR count). The third-order valence-electron chi connectivity index (χ3n) is 4.62. The molecule has 0 spiro atoms. The maximum atomic E-state index is 14.4. The van der Waals surface area contributed by atoms with E-state index in [2.05, 4.69) is 15.3 Å². The van der Waals surface area contributed by atoms with Gasteiger partial charge in [0.2, 0.25) is 0 Å².